The van der Waals surface area contributed by atoms with Gasteiger partial charge in [0.25, 0.3) is 0 Å². The predicted molar refractivity (Wildman–Crippen MR) is 150 cm³/mol. The number of aliphatic carboxylic acids is 1. The molecule has 11 heteroatoms. The molecule has 0 spiro atoms. The van der Waals surface area contributed by atoms with Crippen molar-refractivity contribution in [3.63, 3.8) is 0 Å². The third kappa shape index (κ3) is 6.81. The topological polar surface area (TPSA) is 163 Å². The molecule has 204 valence electrons. The fraction of sp³-hybridized carbons (Fsp3) is 0.286. The number of carboxylic acid groups (broad SMARTS) is 1. The normalized spacial score (nSPS) is 16.3. The van der Waals surface area contributed by atoms with E-state index in [2.05, 4.69) is 15.7 Å². The molecule has 0 aliphatic carbocycles. The summed E-state index contributed by atoms with van der Waals surface area (Å²) in [6.07, 6.45) is 1.19. The van der Waals surface area contributed by atoms with Crippen LogP contribution in [-0.2, 0) is 20.9 Å². The second-order valence-electron chi connectivity index (χ2n) is 9.24. The number of nitrogens with zero attached hydrogens (tertiary/aromatic N) is 2. The summed E-state index contributed by atoms with van der Waals surface area (Å²) < 4.78 is 0. The van der Waals surface area contributed by atoms with Crippen LogP contribution in [0.1, 0.15) is 39.6 Å². The molecule has 4 rings (SSSR count). The Morgan fingerprint density at radius 2 is 1.67 bits per heavy atom. The SMILES string of the molecule is N/N=C(\N)c1ccc(CNC(=O)[C@@H]2CCCN2C(=O)[C@H](NCC(=O)O)C(c2ccccc2)c2ccccc2)s1. The number of benzene rings is 2. The van der Waals surface area contributed by atoms with Crippen molar-refractivity contribution in [1.29, 1.82) is 0 Å². The molecule has 39 heavy (non-hydrogen) atoms. The molecule has 1 aliphatic heterocycles. The highest BCUT2D eigenvalue weighted by molar-refractivity contribution is 7.14. The molecule has 3 aromatic rings. The van der Waals surface area contributed by atoms with Crippen molar-refractivity contribution in [1.82, 2.24) is 15.5 Å². The van der Waals surface area contributed by atoms with E-state index in [4.69, 9.17) is 11.6 Å². The Bertz CT molecular complexity index is 1270. The van der Waals surface area contributed by atoms with Crippen molar-refractivity contribution in [2.75, 3.05) is 13.1 Å². The highest BCUT2D eigenvalue weighted by Crippen LogP contribution is 2.31. The van der Waals surface area contributed by atoms with Crippen LogP contribution < -0.4 is 22.2 Å². The first-order valence-electron chi connectivity index (χ1n) is 12.6. The standard InChI is InChI=1S/C28H32N6O4S/c29-26(33-30)22-14-13-20(39-22)16-32-27(37)21-12-7-15-34(21)28(38)25(31-17-23(35)36)24(18-8-3-1-4-9-18)19-10-5-2-6-11-19/h1-6,8-11,13-14,21,24-25,31H,7,12,15-17,30H2,(H2,29,33)(H,32,37)(H,35,36)/t21-,25+/m0/s1. The zero-order valence-corrected chi connectivity index (χ0v) is 22.1. The van der Waals surface area contributed by atoms with Gasteiger partial charge in [-0.05, 0) is 36.1 Å². The van der Waals surface area contributed by atoms with E-state index < -0.39 is 30.5 Å². The average molecular weight is 549 g/mol. The van der Waals surface area contributed by atoms with Crippen LogP contribution in [0.4, 0.5) is 0 Å². The number of carbonyl (C=O) groups is 3. The van der Waals surface area contributed by atoms with E-state index in [0.717, 1.165) is 16.0 Å². The summed E-state index contributed by atoms with van der Waals surface area (Å²) in [5.41, 5.74) is 7.49. The van der Waals surface area contributed by atoms with Crippen LogP contribution in [0.15, 0.2) is 77.9 Å². The molecular formula is C28H32N6O4S. The lowest BCUT2D eigenvalue weighted by atomic mass is 9.84. The number of amidine groups is 1. The van der Waals surface area contributed by atoms with E-state index in [0.29, 0.717) is 24.3 Å². The van der Waals surface area contributed by atoms with Crippen LogP contribution in [0.5, 0.6) is 0 Å². The molecular weight excluding hydrogens is 516 g/mol. The van der Waals surface area contributed by atoms with E-state index in [1.54, 1.807) is 11.0 Å². The van der Waals surface area contributed by atoms with Crippen LogP contribution in [0, 0.1) is 0 Å². The number of thiophene rings is 1. The second-order valence-corrected chi connectivity index (χ2v) is 10.4. The largest absolute Gasteiger partial charge is 0.480 e. The van der Waals surface area contributed by atoms with Crippen LogP contribution in [-0.4, -0.2) is 58.8 Å². The number of hydrogen-bond donors (Lipinski definition) is 5. The Labute approximate surface area is 230 Å². The summed E-state index contributed by atoms with van der Waals surface area (Å²) in [6.45, 7) is 0.287. The molecule has 1 aromatic heterocycles. The van der Waals surface area contributed by atoms with E-state index >= 15 is 0 Å². The van der Waals surface area contributed by atoms with Crippen molar-refractivity contribution in [2.24, 2.45) is 16.7 Å². The second kappa shape index (κ2) is 13.0. The highest BCUT2D eigenvalue weighted by Gasteiger charge is 2.40. The fourth-order valence-electron chi connectivity index (χ4n) is 4.89. The minimum atomic E-state index is -1.07. The molecule has 2 aromatic carbocycles. The number of hydrogen-bond acceptors (Lipinski definition) is 7. The third-order valence-electron chi connectivity index (χ3n) is 6.72. The van der Waals surface area contributed by atoms with Crippen LogP contribution >= 0.6 is 11.3 Å². The molecule has 0 radical (unpaired) electrons. The Kier molecular flexibility index (Phi) is 9.29. The molecule has 10 nitrogen and oxygen atoms in total. The quantitative estimate of drug-likeness (QED) is 0.106. The number of carbonyl (C=O) groups excluding carboxylic acids is 2. The summed E-state index contributed by atoms with van der Waals surface area (Å²) in [7, 11) is 0. The Morgan fingerprint density at radius 3 is 2.26 bits per heavy atom. The molecule has 2 heterocycles. The smallest absolute Gasteiger partial charge is 0.317 e. The number of likely N-dealkylation sites (tertiary alicyclic amines) is 1. The molecule has 0 unspecified atom stereocenters. The van der Waals surface area contributed by atoms with Gasteiger partial charge in [0, 0.05) is 17.3 Å². The lowest BCUT2D eigenvalue weighted by Gasteiger charge is -2.33. The van der Waals surface area contributed by atoms with Crippen LogP contribution in [0.2, 0.25) is 0 Å². The van der Waals surface area contributed by atoms with Crippen LogP contribution in [0.3, 0.4) is 0 Å². The van der Waals surface area contributed by atoms with Gasteiger partial charge in [-0.3, -0.25) is 19.7 Å². The maximum Gasteiger partial charge on any atom is 0.317 e. The number of carboxylic acids is 1. The van der Waals surface area contributed by atoms with Gasteiger partial charge in [-0.15, -0.1) is 11.3 Å². The van der Waals surface area contributed by atoms with Crippen LogP contribution in [0.25, 0.3) is 0 Å². The number of nitrogens with one attached hydrogen (secondary N) is 2. The van der Waals surface area contributed by atoms with Gasteiger partial charge in [-0.1, -0.05) is 60.7 Å². The van der Waals surface area contributed by atoms with E-state index in [9.17, 15) is 19.5 Å². The third-order valence-corrected chi connectivity index (χ3v) is 7.83. The summed E-state index contributed by atoms with van der Waals surface area (Å²) >= 11 is 1.37. The first-order valence-corrected chi connectivity index (χ1v) is 13.5. The van der Waals surface area contributed by atoms with Gasteiger partial charge in [0.2, 0.25) is 11.8 Å². The van der Waals surface area contributed by atoms with Crippen molar-refractivity contribution in [3.8, 4) is 0 Å². The molecule has 1 fully saturated rings. The van der Waals surface area contributed by atoms with Gasteiger partial charge < -0.3 is 26.9 Å². The van der Waals surface area contributed by atoms with Gasteiger partial charge in [0.15, 0.2) is 5.84 Å². The van der Waals surface area contributed by atoms with Crippen molar-refractivity contribution in [3.05, 3.63) is 93.7 Å². The van der Waals surface area contributed by atoms with Crippen molar-refractivity contribution < 1.29 is 19.5 Å². The van der Waals surface area contributed by atoms with Gasteiger partial charge in [-0.25, -0.2) is 0 Å². The van der Waals surface area contributed by atoms with Crippen molar-refractivity contribution in [2.45, 2.75) is 37.4 Å². The molecule has 7 N–H and O–H groups in total. The highest BCUT2D eigenvalue weighted by atomic mass is 32.1. The average Bonchev–Trinajstić information content (AvgIpc) is 3.64. The zero-order chi connectivity index (χ0) is 27.8. The number of amides is 2. The maximum absolute atomic E-state index is 14.1. The zero-order valence-electron chi connectivity index (χ0n) is 21.3. The number of nitrogens with two attached hydrogens (primary N) is 2. The van der Waals surface area contributed by atoms with Gasteiger partial charge in [-0.2, -0.15) is 5.10 Å². The summed E-state index contributed by atoms with van der Waals surface area (Å²) in [6, 6.07) is 21.1. The Hall–Kier alpha value is -4.22. The first kappa shape index (κ1) is 27.8. The van der Waals surface area contributed by atoms with Crippen molar-refractivity contribution >= 4 is 35.0 Å². The summed E-state index contributed by atoms with van der Waals surface area (Å²) in [5.74, 6) is 3.37. The van der Waals surface area contributed by atoms with Gasteiger partial charge in [0.1, 0.15) is 6.04 Å². The molecule has 0 saturated carbocycles. The summed E-state index contributed by atoms with van der Waals surface area (Å²) in [5, 5.41) is 18.8. The minimum absolute atomic E-state index is 0.219. The molecule has 2 amide bonds. The Morgan fingerprint density at radius 1 is 1.03 bits per heavy atom. The lowest BCUT2D eigenvalue weighted by Crippen LogP contribution is -2.55. The molecule has 1 aliphatic rings. The van der Waals surface area contributed by atoms with Gasteiger partial charge >= 0.3 is 5.97 Å². The lowest BCUT2D eigenvalue weighted by molar-refractivity contribution is -0.141. The van der Waals surface area contributed by atoms with Gasteiger partial charge in [0.05, 0.1) is 24.0 Å². The maximum atomic E-state index is 14.1. The monoisotopic (exact) mass is 548 g/mol. The molecule has 2 atom stereocenters. The molecule has 0 bridgehead atoms. The number of rotatable bonds is 11. The number of hydrazone groups is 1. The predicted octanol–water partition coefficient (Wildman–Crippen LogP) is 1.81. The first-order chi connectivity index (χ1) is 18.9. The minimum Gasteiger partial charge on any atom is -0.480 e. The fourth-order valence-corrected chi connectivity index (χ4v) is 5.75. The van der Waals surface area contributed by atoms with E-state index in [-0.39, 0.29) is 24.2 Å². The summed E-state index contributed by atoms with van der Waals surface area (Å²) in [4.78, 5) is 42.0. The van der Waals surface area contributed by atoms with E-state index in [1.165, 1.54) is 11.3 Å². The Balaban J connectivity index is 1.56. The van der Waals surface area contributed by atoms with E-state index in [1.807, 2.05) is 66.7 Å². The molecule has 1 saturated heterocycles.